The van der Waals surface area contributed by atoms with Crippen LogP contribution in [0.5, 0.6) is 0 Å². The molecule has 4 aromatic rings. The number of aromatic nitrogens is 1. The second-order valence-electron chi connectivity index (χ2n) is 8.55. The number of sulfone groups is 1. The summed E-state index contributed by atoms with van der Waals surface area (Å²) in [6, 6.07) is 19.6. The molecule has 0 aliphatic heterocycles. The summed E-state index contributed by atoms with van der Waals surface area (Å²) in [4.78, 5) is 17.2. The van der Waals surface area contributed by atoms with Crippen LogP contribution in [0.3, 0.4) is 0 Å². The number of alkyl halides is 3. The Bertz CT molecular complexity index is 1610. The van der Waals surface area contributed by atoms with Crippen molar-refractivity contribution in [1.29, 1.82) is 0 Å². The molecule has 1 aromatic heterocycles. The number of nitrogens with zero attached hydrogens (tertiary/aromatic N) is 1. The molecule has 0 fully saturated rings. The van der Waals surface area contributed by atoms with E-state index in [9.17, 15) is 26.4 Å². The summed E-state index contributed by atoms with van der Waals surface area (Å²) < 4.78 is 62.6. The Morgan fingerprint density at radius 2 is 1.64 bits per heavy atom. The highest BCUT2D eigenvalue weighted by atomic mass is 35.5. The molecule has 0 bridgehead atoms. The van der Waals surface area contributed by atoms with Crippen LogP contribution >= 0.6 is 11.6 Å². The van der Waals surface area contributed by atoms with Gasteiger partial charge in [0, 0.05) is 41.6 Å². The summed E-state index contributed by atoms with van der Waals surface area (Å²) >= 11 is 5.64. The topological polar surface area (TPSA) is 100 Å². The third-order valence-electron chi connectivity index (χ3n) is 5.53. The zero-order valence-electron chi connectivity index (χ0n) is 20.4. The van der Waals surface area contributed by atoms with Crippen LogP contribution in [0.1, 0.15) is 21.5 Å². The Labute approximate surface area is 228 Å². The minimum Gasteiger partial charge on any atom is -0.381 e. The third kappa shape index (κ3) is 7.49. The van der Waals surface area contributed by atoms with E-state index in [0.29, 0.717) is 23.7 Å². The molecular weight excluding hydrogens is 553 g/mol. The number of amides is 1. The smallest absolute Gasteiger partial charge is 0.381 e. The standard InChI is InChI=1S/C27H22ClF3N4O3S/c1-39(37,38)22-8-5-19(6-9-22)34-25-13-17(11-12-32-25)16-33-20-4-2-3-18(14-20)26(36)35-21-7-10-24(28)23(15-21)27(29,30)31/h2-15,33H,16H2,1H3,(H,32,34)(H,35,36). The Morgan fingerprint density at radius 1 is 0.923 bits per heavy atom. The molecule has 0 saturated carbocycles. The molecule has 0 spiro atoms. The normalized spacial score (nSPS) is 11.6. The largest absolute Gasteiger partial charge is 0.417 e. The highest BCUT2D eigenvalue weighted by molar-refractivity contribution is 7.90. The van der Waals surface area contributed by atoms with Crippen LogP contribution in [0.25, 0.3) is 0 Å². The van der Waals surface area contributed by atoms with Crippen molar-refractivity contribution in [3.63, 3.8) is 0 Å². The lowest BCUT2D eigenvalue weighted by Gasteiger charge is -2.13. The van der Waals surface area contributed by atoms with Crippen LogP contribution in [0.2, 0.25) is 5.02 Å². The molecule has 0 radical (unpaired) electrons. The average Bonchev–Trinajstić information content (AvgIpc) is 2.88. The number of halogens is 4. The third-order valence-corrected chi connectivity index (χ3v) is 6.99. The van der Waals surface area contributed by atoms with E-state index in [4.69, 9.17) is 11.6 Å². The maximum absolute atomic E-state index is 13.1. The number of carbonyl (C=O) groups is 1. The fourth-order valence-electron chi connectivity index (χ4n) is 3.58. The van der Waals surface area contributed by atoms with Crippen molar-refractivity contribution < 1.29 is 26.4 Å². The highest BCUT2D eigenvalue weighted by Crippen LogP contribution is 2.36. The number of nitrogens with one attached hydrogen (secondary N) is 3. The summed E-state index contributed by atoms with van der Waals surface area (Å²) in [5.41, 5.74) is 1.35. The lowest BCUT2D eigenvalue weighted by molar-refractivity contribution is -0.137. The van der Waals surface area contributed by atoms with Crippen LogP contribution in [0.4, 0.5) is 36.1 Å². The van der Waals surface area contributed by atoms with Crippen LogP contribution in [0.15, 0.2) is 90.0 Å². The predicted octanol–water partition coefficient (Wildman–Crippen LogP) is 6.77. The zero-order chi connectivity index (χ0) is 28.2. The molecule has 0 atom stereocenters. The van der Waals surface area contributed by atoms with Crippen molar-refractivity contribution in [2.24, 2.45) is 0 Å². The molecule has 0 saturated heterocycles. The SMILES string of the molecule is CS(=O)(=O)c1ccc(Nc2cc(CNc3cccc(C(=O)Nc4ccc(Cl)c(C(F)(F)F)c4)c3)ccn2)cc1. The first-order valence-electron chi connectivity index (χ1n) is 11.4. The van der Waals surface area contributed by atoms with Gasteiger partial charge in [-0.3, -0.25) is 4.79 Å². The van der Waals surface area contributed by atoms with Crippen molar-refractivity contribution in [3.8, 4) is 0 Å². The van der Waals surface area contributed by atoms with Gasteiger partial charge < -0.3 is 16.0 Å². The van der Waals surface area contributed by atoms with Gasteiger partial charge in [-0.25, -0.2) is 13.4 Å². The van der Waals surface area contributed by atoms with Crippen LogP contribution in [0, 0.1) is 0 Å². The van der Waals surface area contributed by atoms with Gasteiger partial charge >= 0.3 is 6.18 Å². The summed E-state index contributed by atoms with van der Waals surface area (Å²) in [6.07, 6.45) is -1.88. The van der Waals surface area contributed by atoms with Crippen molar-refractivity contribution in [1.82, 2.24) is 4.98 Å². The first-order valence-corrected chi connectivity index (χ1v) is 13.7. The van der Waals surface area contributed by atoms with Gasteiger partial charge in [0.1, 0.15) is 5.82 Å². The number of anilines is 4. The lowest BCUT2D eigenvalue weighted by atomic mass is 10.1. The van der Waals surface area contributed by atoms with Crippen molar-refractivity contribution in [2.45, 2.75) is 17.6 Å². The molecule has 3 aromatic carbocycles. The molecule has 4 rings (SSSR count). The molecule has 0 aliphatic carbocycles. The van der Waals surface area contributed by atoms with Crippen molar-refractivity contribution in [2.75, 3.05) is 22.2 Å². The van der Waals surface area contributed by atoms with E-state index in [1.54, 1.807) is 48.7 Å². The summed E-state index contributed by atoms with van der Waals surface area (Å²) in [5.74, 6) is -0.0258. The monoisotopic (exact) mass is 574 g/mol. The average molecular weight is 575 g/mol. The minimum absolute atomic E-state index is 0.0298. The Kier molecular flexibility index (Phi) is 8.12. The maximum atomic E-state index is 13.1. The van der Waals surface area contributed by atoms with Gasteiger partial charge in [0.05, 0.1) is 15.5 Å². The van der Waals surface area contributed by atoms with Crippen molar-refractivity contribution in [3.05, 3.63) is 107 Å². The molecule has 12 heteroatoms. The Morgan fingerprint density at radius 3 is 2.33 bits per heavy atom. The predicted molar refractivity (Wildman–Crippen MR) is 145 cm³/mol. The Hall–Kier alpha value is -4.09. The molecule has 7 nitrogen and oxygen atoms in total. The summed E-state index contributed by atoms with van der Waals surface area (Å²) in [7, 11) is -3.29. The van der Waals surface area contributed by atoms with Gasteiger partial charge in [-0.05, 0) is 78.4 Å². The van der Waals surface area contributed by atoms with Crippen LogP contribution in [-0.2, 0) is 22.6 Å². The van der Waals surface area contributed by atoms with Gasteiger partial charge in [-0.2, -0.15) is 13.2 Å². The second-order valence-corrected chi connectivity index (χ2v) is 11.0. The van der Waals surface area contributed by atoms with E-state index in [-0.39, 0.29) is 16.1 Å². The van der Waals surface area contributed by atoms with E-state index in [1.807, 2.05) is 6.07 Å². The molecule has 1 heterocycles. The number of hydrogen-bond donors (Lipinski definition) is 3. The van der Waals surface area contributed by atoms with Gasteiger partial charge in [0.15, 0.2) is 9.84 Å². The highest BCUT2D eigenvalue weighted by Gasteiger charge is 2.33. The van der Waals surface area contributed by atoms with Gasteiger partial charge in [-0.15, -0.1) is 0 Å². The number of hydrogen-bond acceptors (Lipinski definition) is 6. The molecule has 0 aliphatic rings. The number of carbonyl (C=O) groups excluding carboxylic acids is 1. The van der Waals surface area contributed by atoms with Crippen LogP contribution in [-0.4, -0.2) is 25.6 Å². The number of pyridine rings is 1. The molecule has 0 unspecified atom stereocenters. The summed E-state index contributed by atoms with van der Waals surface area (Å²) in [6.45, 7) is 0.390. The first-order chi connectivity index (χ1) is 18.4. The second kappa shape index (κ2) is 11.3. The van der Waals surface area contributed by atoms with E-state index < -0.39 is 32.5 Å². The molecule has 1 amide bonds. The number of rotatable bonds is 8. The Balaban J connectivity index is 1.40. The first kappa shape index (κ1) is 27.9. The lowest BCUT2D eigenvalue weighted by Crippen LogP contribution is -2.14. The zero-order valence-corrected chi connectivity index (χ0v) is 22.0. The van der Waals surface area contributed by atoms with Gasteiger partial charge in [-0.1, -0.05) is 17.7 Å². The van der Waals surface area contributed by atoms with Crippen LogP contribution < -0.4 is 16.0 Å². The maximum Gasteiger partial charge on any atom is 0.417 e. The fraction of sp³-hybridized carbons (Fsp3) is 0.111. The van der Waals surface area contributed by atoms with E-state index in [1.165, 1.54) is 18.2 Å². The van der Waals surface area contributed by atoms with E-state index in [0.717, 1.165) is 24.0 Å². The van der Waals surface area contributed by atoms with Gasteiger partial charge in [0.2, 0.25) is 0 Å². The number of benzene rings is 3. The van der Waals surface area contributed by atoms with Gasteiger partial charge in [0.25, 0.3) is 5.91 Å². The molecule has 3 N–H and O–H groups in total. The summed E-state index contributed by atoms with van der Waals surface area (Å²) in [5, 5.41) is 8.34. The van der Waals surface area contributed by atoms with Crippen molar-refractivity contribution >= 4 is 50.2 Å². The van der Waals surface area contributed by atoms with E-state index in [2.05, 4.69) is 20.9 Å². The quantitative estimate of drug-likeness (QED) is 0.215. The van der Waals surface area contributed by atoms with E-state index >= 15 is 0 Å². The molecule has 39 heavy (non-hydrogen) atoms. The molecule has 202 valence electrons. The fourth-order valence-corrected chi connectivity index (χ4v) is 4.44. The minimum atomic E-state index is -4.65. The molecular formula is C27H22ClF3N4O3S.